The van der Waals surface area contributed by atoms with Crippen molar-refractivity contribution < 1.29 is 8.39 Å². The number of nitrogens with one attached hydrogen (secondary N) is 3. The van der Waals surface area contributed by atoms with Gasteiger partial charge in [-0.15, -0.1) is 5.10 Å². The van der Waals surface area contributed by atoms with Crippen LogP contribution in [0.2, 0.25) is 0 Å². The highest BCUT2D eigenvalue weighted by molar-refractivity contribution is 7.82. The Morgan fingerprint density at radius 3 is 2.03 bits per heavy atom. The topological polar surface area (TPSA) is 96.3 Å². The minimum atomic E-state index is -1.82. The fourth-order valence-corrected chi connectivity index (χ4v) is 5.12. The quantitative estimate of drug-likeness (QED) is 0.200. The molecular weight excluding hydrogens is 508 g/mol. The second-order valence-electron chi connectivity index (χ2n) is 12.1. The Hall–Kier alpha value is -3.33. The van der Waals surface area contributed by atoms with E-state index in [-0.39, 0.29) is 17.3 Å². The SMILES string of the molecule is CNc1cc(NS(=O)Oc2c(C(C)C)cc(C(C)C)cc2C(C)C)cc(-c2nc3cc(C(C)(C)C)[nH]n3n2)c1. The molecule has 3 N–H and O–H groups in total. The number of anilines is 2. The first-order valence-electron chi connectivity index (χ1n) is 13.6. The summed E-state index contributed by atoms with van der Waals surface area (Å²) in [5.74, 6) is 2.11. The maximum absolute atomic E-state index is 13.3. The van der Waals surface area contributed by atoms with Gasteiger partial charge in [0, 0.05) is 35.5 Å². The van der Waals surface area contributed by atoms with Crippen molar-refractivity contribution in [2.75, 3.05) is 17.1 Å². The summed E-state index contributed by atoms with van der Waals surface area (Å²) in [5.41, 5.74) is 7.45. The number of aromatic nitrogens is 4. The summed E-state index contributed by atoms with van der Waals surface area (Å²) in [6, 6.07) is 12.1. The van der Waals surface area contributed by atoms with E-state index in [1.807, 2.05) is 31.3 Å². The number of aromatic amines is 1. The van der Waals surface area contributed by atoms with Gasteiger partial charge in [-0.1, -0.05) is 74.4 Å². The van der Waals surface area contributed by atoms with E-state index in [0.29, 0.717) is 23.2 Å². The average molecular weight is 551 g/mol. The Bertz CT molecular complexity index is 1430. The fraction of sp³-hybridized carbons (Fsp3) is 0.467. The number of fused-ring (bicyclic) bond motifs is 1. The van der Waals surface area contributed by atoms with Gasteiger partial charge in [-0.25, -0.2) is 4.98 Å². The van der Waals surface area contributed by atoms with E-state index < -0.39 is 11.3 Å². The van der Waals surface area contributed by atoms with Crippen molar-refractivity contribution in [3.05, 3.63) is 58.8 Å². The molecule has 210 valence electrons. The predicted molar refractivity (Wildman–Crippen MR) is 162 cm³/mol. The Kier molecular flexibility index (Phi) is 8.12. The molecule has 1 atom stereocenters. The molecule has 9 heteroatoms. The van der Waals surface area contributed by atoms with Crippen LogP contribution in [-0.2, 0) is 16.7 Å². The van der Waals surface area contributed by atoms with Gasteiger partial charge in [-0.3, -0.25) is 9.82 Å². The van der Waals surface area contributed by atoms with Gasteiger partial charge < -0.3 is 9.50 Å². The van der Waals surface area contributed by atoms with Gasteiger partial charge in [0.25, 0.3) is 0 Å². The average Bonchev–Trinajstić information content (AvgIpc) is 3.43. The second kappa shape index (κ2) is 11.0. The molecule has 0 aliphatic heterocycles. The molecule has 2 aromatic heterocycles. The summed E-state index contributed by atoms with van der Waals surface area (Å²) >= 11 is -1.82. The zero-order chi connectivity index (χ0) is 28.6. The maximum atomic E-state index is 13.3. The highest BCUT2D eigenvalue weighted by Crippen LogP contribution is 2.38. The second-order valence-corrected chi connectivity index (χ2v) is 12.9. The molecule has 1 unspecified atom stereocenters. The van der Waals surface area contributed by atoms with Crippen LogP contribution in [0.5, 0.6) is 5.75 Å². The lowest BCUT2D eigenvalue weighted by Crippen LogP contribution is -2.15. The number of rotatable bonds is 9. The van der Waals surface area contributed by atoms with Crippen LogP contribution in [0, 0.1) is 0 Å². The first kappa shape index (κ1) is 28.7. The first-order chi connectivity index (χ1) is 18.3. The van der Waals surface area contributed by atoms with Crippen molar-refractivity contribution in [1.82, 2.24) is 19.8 Å². The van der Waals surface area contributed by atoms with Crippen molar-refractivity contribution >= 4 is 28.3 Å². The molecule has 0 aliphatic rings. The van der Waals surface area contributed by atoms with E-state index in [9.17, 15) is 4.21 Å². The van der Waals surface area contributed by atoms with Gasteiger partial charge in [0.05, 0.1) is 5.69 Å². The van der Waals surface area contributed by atoms with Crippen molar-refractivity contribution in [3.63, 3.8) is 0 Å². The molecule has 39 heavy (non-hydrogen) atoms. The largest absolute Gasteiger partial charge is 0.388 e. The van der Waals surface area contributed by atoms with E-state index in [2.05, 4.69) is 94.7 Å². The molecule has 0 aliphatic carbocycles. The predicted octanol–water partition coefficient (Wildman–Crippen LogP) is 7.50. The van der Waals surface area contributed by atoms with E-state index in [1.165, 1.54) is 5.56 Å². The van der Waals surface area contributed by atoms with Crippen molar-refractivity contribution in [2.45, 2.75) is 85.5 Å². The number of hydrogen-bond donors (Lipinski definition) is 3. The molecule has 0 fully saturated rings. The molecule has 0 amide bonds. The number of benzene rings is 2. The molecule has 2 heterocycles. The Labute approximate surface area is 234 Å². The van der Waals surface area contributed by atoms with E-state index in [0.717, 1.165) is 33.7 Å². The van der Waals surface area contributed by atoms with E-state index in [1.54, 1.807) is 4.63 Å². The molecule has 8 nitrogen and oxygen atoms in total. The Morgan fingerprint density at radius 1 is 0.897 bits per heavy atom. The molecule has 4 rings (SSSR count). The number of hydrogen-bond acceptors (Lipinski definition) is 5. The fourth-order valence-electron chi connectivity index (χ4n) is 4.42. The van der Waals surface area contributed by atoms with Crippen LogP contribution in [0.3, 0.4) is 0 Å². The van der Waals surface area contributed by atoms with Crippen LogP contribution in [0.1, 0.15) is 102 Å². The lowest BCUT2D eigenvalue weighted by atomic mass is 9.88. The summed E-state index contributed by atoms with van der Waals surface area (Å²) in [7, 11) is 1.84. The van der Waals surface area contributed by atoms with Crippen molar-refractivity contribution in [1.29, 1.82) is 0 Å². The first-order valence-corrected chi connectivity index (χ1v) is 14.7. The van der Waals surface area contributed by atoms with Gasteiger partial charge in [-0.05, 0) is 52.6 Å². The van der Waals surface area contributed by atoms with Gasteiger partial charge in [0.15, 0.2) is 11.5 Å². The molecule has 0 spiro atoms. The summed E-state index contributed by atoms with van der Waals surface area (Å²) < 4.78 is 24.2. The number of nitrogens with zero attached hydrogens (tertiary/aromatic N) is 3. The number of H-pyrrole nitrogens is 1. The Morgan fingerprint density at radius 2 is 1.51 bits per heavy atom. The molecular formula is C30H42N6O2S. The van der Waals surface area contributed by atoms with Crippen LogP contribution in [0.4, 0.5) is 11.4 Å². The molecule has 0 bridgehead atoms. The minimum Gasteiger partial charge on any atom is -0.388 e. The lowest BCUT2D eigenvalue weighted by Gasteiger charge is -2.22. The van der Waals surface area contributed by atoms with E-state index >= 15 is 0 Å². The van der Waals surface area contributed by atoms with Crippen molar-refractivity contribution in [3.8, 4) is 17.1 Å². The maximum Gasteiger partial charge on any atom is 0.316 e. The molecule has 0 saturated carbocycles. The van der Waals surface area contributed by atoms with Crippen molar-refractivity contribution in [2.24, 2.45) is 0 Å². The third kappa shape index (κ3) is 6.30. The van der Waals surface area contributed by atoms with Crippen LogP contribution >= 0.6 is 0 Å². The molecule has 4 aromatic rings. The molecule has 0 radical (unpaired) electrons. The van der Waals surface area contributed by atoms with Crippen LogP contribution in [0.15, 0.2) is 36.4 Å². The lowest BCUT2D eigenvalue weighted by molar-refractivity contribution is 0.546. The zero-order valence-corrected chi connectivity index (χ0v) is 25.6. The summed E-state index contributed by atoms with van der Waals surface area (Å²) in [4.78, 5) is 4.72. The summed E-state index contributed by atoms with van der Waals surface area (Å²) in [6.07, 6.45) is 0. The third-order valence-corrected chi connectivity index (χ3v) is 7.58. The van der Waals surface area contributed by atoms with Crippen LogP contribution in [-0.4, -0.2) is 31.1 Å². The zero-order valence-electron chi connectivity index (χ0n) is 24.8. The molecule has 2 aromatic carbocycles. The third-order valence-electron chi connectivity index (χ3n) is 6.86. The van der Waals surface area contributed by atoms with Crippen LogP contribution in [0.25, 0.3) is 17.0 Å². The van der Waals surface area contributed by atoms with Gasteiger partial charge in [0.1, 0.15) is 5.75 Å². The van der Waals surface area contributed by atoms with Gasteiger partial charge in [-0.2, -0.15) is 8.84 Å². The monoisotopic (exact) mass is 550 g/mol. The normalized spacial score (nSPS) is 13.1. The highest BCUT2D eigenvalue weighted by atomic mass is 32.2. The van der Waals surface area contributed by atoms with Gasteiger partial charge in [0.2, 0.25) is 0 Å². The molecule has 0 saturated heterocycles. The van der Waals surface area contributed by atoms with Gasteiger partial charge >= 0.3 is 11.3 Å². The summed E-state index contributed by atoms with van der Waals surface area (Å²) in [6.45, 7) is 19.4. The standard InChI is InChI=1S/C30H42N6O2S/c1-17(2)20-13-24(18(3)4)28(25(14-20)19(5)6)38-39(37)35-23-12-21(11-22(15-23)31-10)29-32-27-16-26(30(7,8)9)33-36(27)34-29/h11-19,31,33,35H,1-10H3. The van der Waals surface area contributed by atoms with E-state index in [4.69, 9.17) is 9.17 Å². The smallest absolute Gasteiger partial charge is 0.316 e. The highest BCUT2D eigenvalue weighted by Gasteiger charge is 2.22. The minimum absolute atomic E-state index is 0.0320. The van der Waals surface area contributed by atoms with Crippen LogP contribution < -0.4 is 14.2 Å². The summed E-state index contributed by atoms with van der Waals surface area (Å²) in [5, 5.41) is 11.1. The Balaban J connectivity index is 1.64.